The summed E-state index contributed by atoms with van der Waals surface area (Å²) in [4.78, 5) is 42.4. The third-order valence-corrected chi connectivity index (χ3v) is 5.44. The normalized spacial score (nSPS) is 15.9. The van der Waals surface area contributed by atoms with Gasteiger partial charge in [0.2, 0.25) is 5.91 Å². The van der Waals surface area contributed by atoms with Crippen LogP contribution >= 0.6 is 0 Å². The number of nitrogens with zero attached hydrogens (tertiary/aromatic N) is 2. The second-order valence-electron chi connectivity index (χ2n) is 7.54. The zero-order valence-corrected chi connectivity index (χ0v) is 17.2. The van der Waals surface area contributed by atoms with E-state index >= 15 is 0 Å². The molecule has 2 N–H and O–H groups in total. The summed E-state index contributed by atoms with van der Waals surface area (Å²) in [5, 5.41) is 0. The van der Waals surface area contributed by atoms with E-state index in [-0.39, 0.29) is 24.8 Å². The van der Waals surface area contributed by atoms with Crippen molar-refractivity contribution in [2.24, 2.45) is 5.73 Å². The molecule has 0 saturated carbocycles. The van der Waals surface area contributed by atoms with Crippen LogP contribution in [-0.2, 0) is 4.79 Å². The molecule has 0 fully saturated rings. The molecular weight excluding hydrogens is 390 g/mol. The number of aryl methyl sites for hydroxylation is 1. The first-order chi connectivity index (χ1) is 15.0. The second kappa shape index (κ2) is 8.53. The van der Waals surface area contributed by atoms with Gasteiger partial charge in [0.25, 0.3) is 5.91 Å². The van der Waals surface area contributed by atoms with E-state index in [1.807, 2.05) is 25.1 Å². The maximum Gasteiger partial charge on any atom is 0.258 e. The fourth-order valence-corrected chi connectivity index (χ4v) is 3.82. The van der Waals surface area contributed by atoms with Crippen molar-refractivity contribution in [3.63, 3.8) is 0 Å². The van der Waals surface area contributed by atoms with E-state index in [4.69, 9.17) is 5.73 Å². The number of Topliss-reactive ketones (excluding diaryl/α,β-unsaturated/α-hetero) is 1. The summed E-state index contributed by atoms with van der Waals surface area (Å²) in [6.07, 6.45) is 0. The van der Waals surface area contributed by atoms with Crippen LogP contribution in [0.3, 0.4) is 0 Å². The quantitative estimate of drug-likeness (QED) is 0.666. The molecule has 0 bridgehead atoms. The van der Waals surface area contributed by atoms with Gasteiger partial charge in [-0.15, -0.1) is 0 Å². The zero-order chi connectivity index (χ0) is 22.0. The Balaban J connectivity index is 1.74. The number of carbonyl (C=O) groups is 3. The molecule has 3 aromatic rings. The van der Waals surface area contributed by atoms with E-state index in [0.29, 0.717) is 22.5 Å². The SMILES string of the molecule is Cc1ccccc1C(=O)CN1C(=O)C(N)CN(C(=O)c2ccccc2)c2ccccc21. The summed E-state index contributed by atoms with van der Waals surface area (Å²) < 4.78 is 0. The number of amides is 2. The molecule has 0 aromatic heterocycles. The van der Waals surface area contributed by atoms with Crippen molar-refractivity contribution >= 4 is 29.0 Å². The standard InChI is InChI=1S/C25H23N3O3/c1-17-9-5-6-12-19(17)23(29)16-28-22-14-8-7-13-21(22)27(15-20(26)25(28)31)24(30)18-10-3-2-4-11-18/h2-14,20H,15-16,26H2,1H3. The number of nitrogens with two attached hydrogens (primary N) is 1. The highest BCUT2D eigenvalue weighted by molar-refractivity contribution is 6.14. The highest BCUT2D eigenvalue weighted by Crippen LogP contribution is 2.33. The molecule has 0 saturated heterocycles. The summed E-state index contributed by atoms with van der Waals surface area (Å²) in [5.74, 6) is -0.822. The topological polar surface area (TPSA) is 83.7 Å². The number of para-hydroxylation sites is 2. The molecule has 1 unspecified atom stereocenters. The first-order valence-electron chi connectivity index (χ1n) is 10.1. The van der Waals surface area contributed by atoms with Gasteiger partial charge in [0.05, 0.1) is 24.5 Å². The largest absolute Gasteiger partial charge is 0.318 e. The maximum atomic E-state index is 13.2. The van der Waals surface area contributed by atoms with Gasteiger partial charge < -0.3 is 15.5 Å². The Morgan fingerprint density at radius 1 is 0.903 bits per heavy atom. The molecule has 6 heteroatoms. The average Bonchev–Trinajstić information content (AvgIpc) is 2.90. The van der Waals surface area contributed by atoms with Crippen molar-refractivity contribution in [1.29, 1.82) is 0 Å². The predicted octanol–water partition coefficient (Wildman–Crippen LogP) is 3.20. The summed E-state index contributed by atoms with van der Waals surface area (Å²) in [5.41, 5.74) is 9.15. The number of fused-ring (bicyclic) bond motifs is 1. The Kier molecular flexibility index (Phi) is 5.64. The third kappa shape index (κ3) is 3.98. The zero-order valence-electron chi connectivity index (χ0n) is 17.2. The van der Waals surface area contributed by atoms with Crippen LogP contribution in [0, 0.1) is 6.92 Å². The van der Waals surface area contributed by atoms with Crippen LogP contribution in [0.4, 0.5) is 11.4 Å². The summed E-state index contributed by atoms with van der Waals surface area (Å²) in [7, 11) is 0. The Labute approximate surface area is 180 Å². The Bertz CT molecular complexity index is 1140. The molecule has 6 nitrogen and oxygen atoms in total. The molecule has 1 aliphatic heterocycles. The van der Waals surface area contributed by atoms with E-state index in [0.717, 1.165) is 5.56 Å². The van der Waals surface area contributed by atoms with Gasteiger partial charge in [-0.25, -0.2) is 0 Å². The summed E-state index contributed by atoms with van der Waals surface area (Å²) in [6, 6.07) is 22.3. The average molecular weight is 413 g/mol. The van der Waals surface area contributed by atoms with Gasteiger partial charge in [-0.3, -0.25) is 14.4 Å². The number of anilines is 2. The van der Waals surface area contributed by atoms with E-state index in [2.05, 4.69) is 0 Å². The van der Waals surface area contributed by atoms with E-state index in [9.17, 15) is 14.4 Å². The summed E-state index contributed by atoms with van der Waals surface area (Å²) in [6.45, 7) is 1.73. The van der Waals surface area contributed by atoms with Crippen LogP contribution in [0.25, 0.3) is 0 Å². The lowest BCUT2D eigenvalue weighted by Crippen LogP contribution is -2.49. The lowest BCUT2D eigenvalue weighted by Gasteiger charge is -2.25. The van der Waals surface area contributed by atoms with Gasteiger partial charge in [-0.1, -0.05) is 54.6 Å². The highest BCUT2D eigenvalue weighted by Gasteiger charge is 2.35. The molecular formula is C25H23N3O3. The minimum Gasteiger partial charge on any atom is -0.318 e. The first-order valence-corrected chi connectivity index (χ1v) is 10.1. The van der Waals surface area contributed by atoms with Crippen LogP contribution in [0.15, 0.2) is 78.9 Å². The fraction of sp³-hybridized carbons (Fsp3) is 0.160. The van der Waals surface area contributed by atoms with Crippen LogP contribution in [0.1, 0.15) is 26.3 Å². The Morgan fingerprint density at radius 3 is 2.23 bits per heavy atom. The van der Waals surface area contributed by atoms with Gasteiger partial charge in [0.1, 0.15) is 6.04 Å². The van der Waals surface area contributed by atoms with Crippen molar-refractivity contribution in [2.45, 2.75) is 13.0 Å². The molecule has 3 aromatic carbocycles. The number of benzene rings is 3. The van der Waals surface area contributed by atoms with Crippen LogP contribution in [-0.4, -0.2) is 36.7 Å². The Morgan fingerprint density at radius 2 is 1.52 bits per heavy atom. The number of hydrogen-bond acceptors (Lipinski definition) is 4. The second-order valence-corrected chi connectivity index (χ2v) is 7.54. The minimum absolute atomic E-state index is 0.0264. The lowest BCUT2D eigenvalue weighted by molar-refractivity contribution is -0.119. The number of carbonyl (C=O) groups excluding carboxylic acids is 3. The lowest BCUT2D eigenvalue weighted by atomic mass is 10.0. The van der Waals surface area contributed by atoms with Crippen molar-refractivity contribution < 1.29 is 14.4 Å². The molecule has 1 atom stereocenters. The summed E-state index contributed by atoms with van der Waals surface area (Å²) >= 11 is 0. The van der Waals surface area contributed by atoms with Gasteiger partial charge in [0.15, 0.2) is 5.78 Å². The van der Waals surface area contributed by atoms with Crippen LogP contribution in [0.2, 0.25) is 0 Å². The first kappa shape index (κ1) is 20.5. The van der Waals surface area contributed by atoms with E-state index < -0.39 is 11.9 Å². The molecule has 1 aliphatic rings. The molecule has 0 aliphatic carbocycles. The molecule has 31 heavy (non-hydrogen) atoms. The molecule has 2 amide bonds. The molecule has 0 spiro atoms. The number of hydrogen-bond donors (Lipinski definition) is 1. The van der Waals surface area contributed by atoms with Crippen molar-refractivity contribution in [2.75, 3.05) is 22.9 Å². The molecule has 0 radical (unpaired) electrons. The molecule has 156 valence electrons. The minimum atomic E-state index is -0.954. The smallest absolute Gasteiger partial charge is 0.258 e. The van der Waals surface area contributed by atoms with Gasteiger partial charge in [-0.05, 0) is 36.8 Å². The number of rotatable bonds is 4. The molecule has 4 rings (SSSR count). The van der Waals surface area contributed by atoms with Gasteiger partial charge in [-0.2, -0.15) is 0 Å². The van der Waals surface area contributed by atoms with Crippen LogP contribution in [0.5, 0.6) is 0 Å². The van der Waals surface area contributed by atoms with Crippen molar-refractivity contribution in [3.05, 3.63) is 95.6 Å². The van der Waals surface area contributed by atoms with Crippen LogP contribution < -0.4 is 15.5 Å². The predicted molar refractivity (Wildman–Crippen MR) is 120 cm³/mol. The fourth-order valence-electron chi connectivity index (χ4n) is 3.82. The van der Waals surface area contributed by atoms with Crippen molar-refractivity contribution in [1.82, 2.24) is 0 Å². The third-order valence-electron chi connectivity index (χ3n) is 5.44. The van der Waals surface area contributed by atoms with E-state index in [1.54, 1.807) is 60.7 Å². The maximum absolute atomic E-state index is 13.2. The van der Waals surface area contributed by atoms with Gasteiger partial charge >= 0.3 is 0 Å². The Hall–Kier alpha value is -3.77. The van der Waals surface area contributed by atoms with Crippen molar-refractivity contribution in [3.8, 4) is 0 Å². The van der Waals surface area contributed by atoms with Gasteiger partial charge in [0, 0.05) is 11.1 Å². The number of ketones is 1. The van der Waals surface area contributed by atoms with E-state index in [1.165, 1.54) is 9.80 Å². The monoisotopic (exact) mass is 413 g/mol. The highest BCUT2D eigenvalue weighted by atomic mass is 16.2. The molecule has 1 heterocycles.